The molecular formula is C86H94N2. The molecule has 2 nitrogen and oxygen atoms in total. The molecule has 11 aromatic carbocycles. The fourth-order valence-electron chi connectivity index (χ4n) is 13.4. The average molecular weight is 1160 g/mol. The second-order valence-electron chi connectivity index (χ2n) is 31.2. The maximum absolute atomic E-state index is 2.61. The maximum Gasteiger partial charge on any atom is 0.0541 e. The van der Waals surface area contributed by atoms with E-state index in [-0.39, 0.29) is 27.6 Å². The largest absolute Gasteiger partial charge is 0.310 e. The standard InChI is InChI=1S/C86H94N2/c1-51(2)59-37-60(52(3)4)39-63(38-59)65-41-62(54(7)8)45-72(47-65)87(71-44-61(53(5)6)40-64(46-71)55-21-23-56(24-22-55)66-42-69(85(15,16)17)48-70(43-66)86(18,19)20)77-33-27-57-26-32-74-78(34-28-58-25-31-73(77)81(57)82(58)74)88-79-35-29-67(83(9,10)11)49-75(79)76-50-68(84(12,13)14)30-36-80(76)88/h21-54H,1-20H3. The Morgan fingerprint density at radius 2 is 0.648 bits per heavy atom. The molecule has 1 aromatic heterocycles. The van der Waals surface area contributed by atoms with Gasteiger partial charge < -0.3 is 9.47 Å². The van der Waals surface area contributed by atoms with Crippen LogP contribution in [0, 0.1) is 0 Å². The summed E-state index contributed by atoms with van der Waals surface area (Å²) in [6.07, 6.45) is 0. The number of anilines is 3. The summed E-state index contributed by atoms with van der Waals surface area (Å²) in [5.41, 5.74) is 25.4. The van der Waals surface area contributed by atoms with E-state index in [2.05, 4.69) is 330 Å². The summed E-state index contributed by atoms with van der Waals surface area (Å²) in [5, 5.41) is 10.2. The fourth-order valence-corrected chi connectivity index (χ4v) is 13.4. The Bertz CT molecular complexity index is 4510. The van der Waals surface area contributed by atoms with Gasteiger partial charge in [0.25, 0.3) is 0 Å². The molecule has 0 spiro atoms. The molecule has 0 amide bonds. The van der Waals surface area contributed by atoms with Crippen LogP contribution in [0.5, 0.6) is 0 Å². The lowest BCUT2D eigenvalue weighted by atomic mass is 9.79. The Morgan fingerprint density at radius 3 is 1.08 bits per heavy atom. The number of hydrogen-bond acceptors (Lipinski definition) is 1. The highest BCUT2D eigenvalue weighted by Crippen LogP contribution is 2.49. The first-order valence-electron chi connectivity index (χ1n) is 32.7. The van der Waals surface area contributed by atoms with Gasteiger partial charge in [-0.1, -0.05) is 260 Å². The molecule has 12 aromatic rings. The fraction of sp³-hybridized carbons (Fsp3) is 0.326. The van der Waals surface area contributed by atoms with Crippen LogP contribution in [-0.4, -0.2) is 4.57 Å². The summed E-state index contributed by atoms with van der Waals surface area (Å²) in [6, 6.07) is 72.3. The zero-order valence-corrected chi connectivity index (χ0v) is 56.5. The molecule has 0 bridgehead atoms. The maximum atomic E-state index is 2.61. The molecular weight excluding hydrogens is 1060 g/mol. The van der Waals surface area contributed by atoms with Gasteiger partial charge in [0.15, 0.2) is 0 Å². The number of hydrogen-bond donors (Lipinski definition) is 0. The van der Waals surface area contributed by atoms with Crippen molar-refractivity contribution in [1.29, 1.82) is 0 Å². The molecule has 0 unspecified atom stereocenters. The van der Waals surface area contributed by atoms with Crippen LogP contribution >= 0.6 is 0 Å². The van der Waals surface area contributed by atoms with Gasteiger partial charge in [-0.2, -0.15) is 0 Å². The van der Waals surface area contributed by atoms with Gasteiger partial charge in [-0.25, -0.2) is 0 Å². The van der Waals surface area contributed by atoms with E-state index in [0.29, 0.717) is 17.8 Å². The second-order valence-corrected chi connectivity index (χ2v) is 31.2. The molecule has 88 heavy (non-hydrogen) atoms. The van der Waals surface area contributed by atoms with E-state index in [4.69, 9.17) is 0 Å². The number of aromatic nitrogens is 1. The SMILES string of the molecule is CC(C)c1cc(-c2cc(C(C)C)cc(N(c3cc(-c4ccc(-c5cc(C(C)(C)C)cc(C(C)(C)C)c5)cc4)cc(C(C)C)c3)c3ccc4ccc5c(-n6c7ccc(C(C)(C)C)cc7c7cc(C(C)(C)C)ccc76)ccc6ccc3c4c65)c2)cc(C(C)C)c1. The minimum Gasteiger partial charge on any atom is -0.310 e. The Kier molecular flexibility index (Phi) is 15.1. The molecule has 2 heteroatoms. The summed E-state index contributed by atoms with van der Waals surface area (Å²) >= 11 is 0. The Morgan fingerprint density at radius 1 is 0.284 bits per heavy atom. The van der Waals surface area contributed by atoms with Crippen LogP contribution in [0.25, 0.3) is 93.2 Å². The monoisotopic (exact) mass is 1150 g/mol. The number of rotatable bonds is 11. The third kappa shape index (κ3) is 11.1. The zero-order valence-electron chi connectivity index (χ0n) is 56.5. The van der Waals surface area contributed by atoms with Crippen molar-refractivity contribution in [2.24, 2.45) is 0 Å². The quantitative estimate of drug-likeness (QED) is 0.117. The highest BCUT2D eigenvalue weighted by Gasteiger charge is 2.27. The molecule has 0 aliphatic rings. The molecule has 0 aliphatic carbocycles. The first-order valence-corrected chi connectivity index (χ1v) is 32.7. The molecule has 1 heterocycles. The van der Waals surface area contributed by atoms with E-state index >= 15 is 0 Å². The van der Waals surface area contributed by atoms with Crippen LogP contribution in [0.3, 0.4) is 0 Å². The number of benzene rings is 11. The van der Waals surface area contributed by atoms with Crippen molar-refractivity contribution >= 4 is 71.2 Å². The van der Waals surface area contributed by atoms with Crippen molar-refractivity contribution in [3.63, 3.8) is 0 Å². The third-order valence-electron chi connectivity index (χ3n) is 19.2. The van der Waals surface area contributed by atoms with E-state index in [1.807, 2.05) is 0 Å². The van der Waals surface area contributed by atoms with Crippen molar-refractivity contribution in [2.45, 2.75) is 184 Å². The first kappa shape index (κ1) is 60.3. The molecule has 0 aliphatic heterocycles. The van der Waals surface area contributed by atoms with Crippen LogP contribution < -0.4 is 4.90 Å². The predicted molar refractivity (Wildman–Crippen MR) is 387 cm³/mol. The van der Waals surface area contributed by atoms with E-state index in [9.17, 15) is 0 Å². The Labute approximate surface area is 527 Å². The molecule has 0 atom stereocenters. The van der Waals surface area contributed by atoms with Gasteiger partial charge in [0.1, 0.15) is 0 Å². The number of nitrogens with zero attached hydrogens (tertiary/aromatic N) is 2. The molecule has 0 fully saturated rings. The molecule has 448 valence electrons. The topological polar surface area (TPSA) is 8.17 Å². The van der Waals surface area contributed by atoms with Crippen LogP contribution in [0.4, 0.5) is 17.1 Å². The molecule has 0 saturated carbocycles. The van der Waals surface area contributed by atoms with Gasteiger partial charge in [-0.15, -0.1) is 0 Å². The van der Waals surface area contributed by atoms with E-state index in [1.54, 1.807) is 0 Å². The lowest BCUT2D eigenvalue weighted by molar-refractivity contribution is 0.569. The van der Waals surface area contributed by atoms with Gasteiger partial charge in [-0.3, -0.25) is 0 Å². The smallest absolute Gasteiger partial charge is 0.0541 e. The van der Waals surface area contributed by atoms with Crippen molar-refractivity contribution in [3.8, 4) is 39.1 Å². The molecule has 0 N–H and O–H groups in total. The van der Waals surface area contributed by atoms with Gasteiger partial charge in [0.05, 0.1) is 22.4 Å². The number of fused-ring (bicyclic) bond motifs is 3. The lowest BCUT2D eigenvalue weighted by Crippen LogP contribution is -2.16. The van der Waals surface area contributed by atoms with Crippen molar-refractivity contribution in [3.05, 3.63) is 226 Å². The molecule has 0 saturated heterocycles. The average Bonchev–Trinajstić information content (AvgIpc) is 1.46. The lowest BCUT2D eigenvalue weighted by Gasteiger charge is -2.30. The highest BCUT2D eigenvalue weighted by atomic mass is 15.1. The third-order valence-corrected chi connectivity index (χ3v) is 19.2. The van der Waals surface area contributed by atoms with Crippen molar-refractivity contribution in [2.75, 3.05) is 4.90 Å². The summed E-state index contributed by atoms with van der Waals surface area (Å²) in [4.78, 5) is 2.61. The first-order chi connectivity index (χ1) is 41.4. The Balaban J connectivity index is 1.11. The highest BCUT2D eigenvalue weighted by molar-refractivity contribution is 6.27. The normalized spacial score (nSPS) is 13.0. The molecule has 0 radical (unpaired) electrons. The van der Waals surface area contributed by atoms with Crippen molar-refractivity contribution < 1.29 is 0 Å². The predicted octanol–water partition coefficient (Wildman–Crippen LogP) is 25.8. The second kappa shape index (κ2) is 22.0. The van der Waals surface area contributed by atoms with Crippen molar-refractivity contribution in [1.82, 2.24) is 4.57 Å². The van der Waals surface area contributed by atoms with Crippen LogP contribution in [0.15, 0.2) is 182 Å². The zero-order chi connectivity index (χ0) is 62.8. The van der Waals surface area contributed by atoms with Crippen LogP contribution in [0.2, 0.25) is 0 Å². The van der Waals surface area contributed by atoms with E-state index in [1.165, 1.54) is 138 Å². The molecule has 12 rings (SSSR count). The van der Waals surface area contributed by atoms with Gasteiger partial charge in [-0.05, 0) is 205 Å². The van der Waals surface area contributed by atoms with Gasteiger partial charge in [0.2, 0.25) is 0 Å². The van der Waals surface area contributed by atoms with E-state index in [0.717, 1.165) is 17.1 Å². The van der Waals surface area contributed by atoms with Gasteiger partial charge in [0, 0.05) is 32.9 Å². The van der Waals surface area contributed by atoms with Crippen LogP contribution in [0.1, 0.15) is 207 Å². The van der Waals surface area contributed by atoms with Crippen LogP contribution in [-0.2, 0) is 21.7 Å². The Hall–Kier alpha value is -7.94. The minimum absolute atomic E-state index is 0.0104. The summed E-state index contributed by atoms with van der Waals surface area (Å²) < 4.78 is 2.55. The minimum atomic E-state index is 0.0104. The summed E-state index contributed by atoms with van der Waals surface area (Å²) in [7, 11) is 0. The van der Waals surface area contributed by atoms with E-state index < -0.39 is 0 Å². The summed E-state index contributed by atoms with van der Waals surface area (Å²) in [6.45, 7) is 46.6. The summed E-state index contributed by atoms with van der Waals surface area (Å²) in [5.74, 6) is 1.37. The van der Waals surface area contributed by atoms with Gasteiger partial charge >= 0.3 is 0 Å².